The average molecular weight is 434 g/mol. The minimum atomic E-state index is -0.117. The molecule has 2 amide bonds. The molecule has 0 bridgehead atoms. The number of anilines is 1. The maximum Gasteiger partial charge on any atom is 0.230 e. The number of aromatic nitrogens is 2. The number of methoxy groups -OCH3 is 1. The van der Waals surface area contributed by atoms with Gasteiger partial charge >= 0.3 is 0 Å². The molecule has 0 aliphatic carbocycles. The Morgan fingerprint density at radius 1 is 1.09 bits per heavy atom. The van der Waals surface area contributed by atoms with Gasteiger partial charge in [0.25, 0.3) is 0 Å². The molecule has 0 unspecified atom stereocenters. The fourth-order valence-electron chi connectivity index (χ4n) is 3.83. The number of likely N-dealkylation sites (tertiary alicyclic amines) is 1. The molecule has 3 aromatic rings. The van der Waals surface area contributed by atoms with Gasteiger partial charge < -0.3 is 19.5 Å². The first kappa shape index (κ1) is 21.5. The van der Waals surface area contributed by atoms with Crippen molar-refractivity contribution in [2.75, 3.05) is 25.5 Å². The third kappa shape index (κ3) is 5.14. The van der Waals surface area contributed by atoms with Crippen LogP contribution in [0.1, 0.15) is 37.1 Å². The number of benzene rings is 2. The second-order valence-corrected chi connectivity index (χ2v) is 7.89. The smallest absolute Gasteiger partial charge is 0.230 e. The number of hydrogen-bond donors (Lipinski definition) is 1. The molecule has 2 aromatic carbocycles. The summed E-state index contributed by atoms with van der Waals surface area (Å²) in [7, 11) is 1.63. The molecule has 1 N–H and O–H groups in total. The van der Waals surface area contributed by atoms with E-state index in [1.54, 1.807) is 19.2 Å². The molecule has 32 heavy (non-hydrogen) atoms. The van der Waals surface area contributed by atoms with Gasteiger partial charge in [-0.15, -0.1) is 0 Å². The summed E-state index contributed by atoms with van der Waals surface area (Å²) in [5.74, 6) is 2.05. The molecular weight excluding hydrogens is 408 g/mol. The molecule has 1 fully saturated rings. The Morgan fingerprint density at radius 3 is 2.41 bits per heavy atom. The number of nitrogens with one attached hydrogen (secondary N) is 1. The van der Waals surface area contributed by atoms with Gasteiger partial charge in [0, 0.05) is 37.2 Å². The summed E-state index contributed by atoms with van der Waals surface area (Å²) in [4.78, 5) is 30.3. The van der Waals surface area contributed by atoms with E-state index >= 15 is 0 Å². The number of amides is 2. The normalized spacial score (nSPS) is 14.2. The van der Waals surface area contributed by atoms with Crippen molar-refractivity contribution in [2.45, 2.75) is 32.1 Å². The van der Waals surface area contributed by atoms with Crippen LogP contribution in [0.25, 0.3) is 11.4 Å². The monoisotopic (exact) mass is 434 g/mol. The van der Waals surface area contributed by atoms with Crippen LogP contribution in [0.15, 0.2) is 53.1 Å². The zero-order valence-electron chi connectivity index (χ0n) is 18.2. The minimum absolute atomic E-state index is 0.117. The average Bonchev–Trinajstić information content (AvgIpc) is 3.30. The number of piperidine rings is 1. The van der Waals surface area contributed by atoms with Crippen LogP contribution < -0.4 is 10.1 Å². The topological polar surface area (TPSA) is 97.6 Å². The minimum Gasteiger partial charge on any atom is -0.497 e. The second-order valence-electron chi connectivity index (χ2n) is 7.89. The molecule has 0 spiro atoms. The lowest BCUT2D eigenvalue weighted by molar-refractivity contribution is -0.131. The molecule has 0 saturated carbocycles. The SMILES string of the molecule is COc1ccc(CC(=O)N2CCC(c3nc(-c4ccc(NC(C)=O)cc4)no3)CC2)cc1. The molecule has 0 atom stereocenters. The number of carbonyl (C=O) groups is 2. The molecule has 1 aliphatic heterocycles. The number of ether oxygens (including phenoxy) is 1. The summed E-state index contributed by atoms with van der Waals surface area (Å²) >= 11 is 0. The Balaban J connectivity index is 1.32. The fraction of sp³-hybridized carbons (Fsp3) is 0.333. The highest BCUT2D eigenvalue weighted by Crippen LogP contribution is 2.29. The van der Waals surface area contributed by atoms with Gasteiger partial charge in [-0.1, -0.05) is 17.3 Å². The third-order valence-corrected chi connectivity index (χ3v) is 5.62. The quantitative estimate of drug-likeness (QED) is 0.636. The molecule has 2 heterocycles. The van der Waals surface area contributed by atoms with Crippen LogP contribution in [0, 0.1) is 0 Å². The van der Waals surface area contributed by atoms with Crippen molar-refractivity contribution in [1.29, 1.82) is 0 Å². The number of nitrogens with zero attached hydrogens (tertiary/aromatic N) is 3. The zero-order valence-corrected chi connectivity index (χ0v) is 18.2. The Bertz CT molecular complexity index is 1070. The Kier molecular flexibility index (Phi) is 6.49. The van der Waals surface area contributed by atoms with Crippen molar-refractivity contribution >= 4 is 17.5 Å². The molecule has 0 radical (unpaired) electrons. The van der Waals surface area contributed by atoms with Crippen LogP contribution in [-0.4, -0.2) is 47.1 Å². The van der Waals surface area contributed by atoms with Crippen molar-refractivity contribution in [3.05, 3.63) is 60.0 Å². The maximum atomic E-state index is 12.7. The predicted molar refractivity (Wildman–Crippen MR) is 119 cm³/mol. The summed E-state index contributed by atoms with van der Waals surface area (Å²) in [6.07, 6.45) is 1.96. The summed E-state index contributed by atoms with van der Waals surface area (Å²) in [5, 5.41) is 6.84. The Hall–Kier alpha value is -3.68. The molecule has 1 saturated heterocycles. The highest BCUT2D eigenvalue weighted by Gasteiger charge is 2.27. The molecular formula is C24H26N4O4. The van der Waals surface area contributed by atoms with Crippen molar-refractivity contribution in [3.8, 4) is 17.1 Å². The van der Waals surface area contributed by atoms with Crippen molar-refractivity contribution in [1.82, 2.24) is 15.0 Å². The standard InChI is InChI=1S/C24H26N4O4/c1-16(29)25-20-7-5-18(6-8-20)23-26-24(32-27-23)19-11-13-28(14-12-19)22(30)15-17-3-9-21(31-2)10-4-17/h3-10,19H,11-15H2,1-2H3,(H,25,29). The molecule has 8 nitrogen and oxygen atoms in total. The van der Waals surface area contributed by atoms with Gasteiger partial charge in [0.1, 0.15) is 5.75 Å². The predicted octanol–water partition coefficient (Wildman–Crippen LogP) is 3.65. The first-order valence-electron chi connectivity index (χ1n) is 10.6. The highest BCUT2D eigenvalue weighted by atomic mass is 16.5. The van der Waals surface area contributed by atoms with E-state index in [0.717, 1.165) is 35.4 Å². The molecule has 1 aliphatic rings. The van der Waals surface area contributed by atoms with Gasteiger partial charge in [0.15, 0.2) is 0 Å². The van der Waals surface area contributed by atoms with Crippen LogP contribution >= 0.6 is 0 Å². The van der Waals surface area contributed by atoms with Crippen LogP contribution in [0.5, 0.6) is 5.75 Å². The number of hydrogen-bond acceptors (Lipinski definition) is 6. The van der Waals surface area contributed by atoms with Gasteiger partial charge in [-0.2, -0.15) is 4.98 Å². The van der Waals surface area contributed by atoms with Crippen molar-refractivity contribution < 1.29 is 18.8 Å². The molecule has 1 aromatic heterocycles. The van der Waals surface area contributed by atoms with E-state index in [-0.39, 0.29) is 17.7 Å². The van der Waals surface area contributed by atoms with Gasteiger partial charge in [0.2, 0.25) is 23.5 Å². The van der Waals surface area contributed by atoms with E-state index < -0.39 is 0 Å². The van der Waals surface area contributed by atoms with Crippen molar-refractivity contribution in [3.63, 3.8) is 0 Å². The first-order valence-corrected chi connectivity index (χ1v) is 10.6. The lowest BCUT2D eigenvalue weighted by Gasteiger charge is -2.30. The summed E-state index contributed by atoms with van der Waals surface area (Å²) < 4.78 is 10.7. The van der Waals surface area contributed by atoms with E-state index in [1.165, 1.54) is 6.92 Å². The van der Waals surface area contributed by atoms with Crippen LogP contribution in [0.3, 0.4) is 0 Å². The Morgan fingerprint density at radius 2 is 1.78 bits per heavy atom. The van der Waals surface area contributed by atoms with Gasteiger partial charge in [0.05, 0.1) is 13.5 Å². The van der Waals surface area contributed by atoms with Crippen LogP contribution in [0.2, 0.25) is 0 Å². The molecule has 4 rings (SSSR count). The summed E-state index contributed by atoms with van der Waals surface area (Å²) in [5.41, 5.74) is 2.52. The van der Waals surface area contributed by atoms with Crippen LogP contribution in [0.4, 0.5) is 5.69 Å². The van der Waals surface area contributed by atoms with E-state index in [2.05, 4.69) is 15.5 Å². The zero-order chi connectivity index (χ0) is 22.5. The second kappa shape index (κ2) is 9.64. The van der Waals surface area contributed by atoms with E-state index in [4.69, 9.17) is 9.26 Å². The van der Waals surface area contributed by atoms with E-state index in [1.807, 2.05) is 41.3 Å². The van der Waals surface area contributed by atoms with Gasteiger partial charge in [-0.05, 0) is 54.8 Å². The lowest BCUT2D eigenvalue weighted by atomic mass is 9.96. The number of rotatable bonds is 6. The van der Waals surface area contributed by atoms with E-state index in [9.17, 15) is 9.59 Å². The van der Waals surface area contributed by atoms with Crippen LogP contribution in [-0.2, 0) is 16.0 Å². The van der Waals surface area contributed by atoms with Crippen molar-refractivity contribution in [2.24, 2.45) is 0 Å². The highest BCUT2D eigenvalue weighted by molar-refractivity contribution is 5.88. The largest absolute Gasteiger partial charge is 0.497 e. The summed E-state index contributed by atoms with van der Waals surface area (Å²) in [6, 6.07) is 14.9. The van der Waals surface area contributed by atoms with Gasteiger partial charge in [-0.25, -0.2) is 0 Å². The summed E-state index contributed by atoms with van der Waals surface area (Å²) in [6.45, 7) is 2.81. The number of carbonyl (C=O) groups excluding carboxylic acids is 2. The molecule has 8 heteroatoms. The fourth-order valence-corrected chi connectivity index (χ4v) is 3.83. The lowest BCUT2D eigenvalue weighted by Crippen LogP contribution is -2.38. The Labute approximate surface area is 186 Å². The third-order valence-electron chi connectivity index (χ3n) is 5.62. The molecule has 166 valence electrons. The maximum absolute atomic E-state index is 12.7. The van der Waals surface area contributed by atoms with E-state index in [0.29, 0.717) is 31.2 Å². The first-order chi connectivity index (χ1) is 15.5. The van der Waals surface area contributed by atoms with Gasteiger partial charge in [-0.3, -0.25) is 9.59 Å².